The molecule has 7 nitrogen and oxygen atoms in total. The van der Waals surface area contributed by atoms with Crippen molar-refractivity contribution in [3.63, 3.8) is 0 Å². The molecular formula is C21H16N4O3S. The maximum absolute atomic E-state index is 13.2. The Bertz CT molecular complexity index is 1410. The number of aromatic nitrogens is 2. The second kappa shape index (κ2) is 6.18. The van der Waals surface area contributed by atoms with Crippen molar-refractivity contribution in [2.24, 2.45) is 0 Å². The van der Waals surface area contributed by atoms with Crippen LogP contribution in [0.3, 0.4) is 0 Å². The molecule has 1 aliphatic rings. The van der Waals surface area contributed by atoms with Crippen molar-refractivity contribution in [2.75, 3.05) is 10.0 Å². The minimum Gasteiger partial charge on any atom is -0.321 e. The van der Waals surface area contributed by atoms with E-state index in [1.807, 2.05) is 19.1 Å². The summed E-state index contributed by atoms with van der Waals surface area (Å²) < 4.78 is 30.7. The first-order valence-corrected chi connectivity index (χ1v) is 10.4. The fourth-order valence-electron chi connectivity index (χ4n) is 3.65. The summed E-state index contributed by atoms with van der Waals surface area (Å²) in [7, 11) is -3.88. The van der Waals surface area contributed by atoms with Crippen LogP contribution >= 0.6 is 0 Å². The summed E-state index contributed by atoms with van der Waals surface area (Å²) in [6, 6.07) is 17.1. The van der Waals surface area contributed by atoms with Crippen LogP contribution in [0.25, 0.3) is 16.5 Å². The van der Waals surface area contributed by atoms with Gasteiger partial charge in [-0.3, -0.25) is 9.52 Å². The number of anilines is 2. The minimum atomic E-state index is -3.88. The predicted molar refractivity (Wildman–Crippen MR) is 111 cm³/mol. The van der Waals surface area contributed by atoms with Gasteiger partial charge < -0.3 is 5.32 Å². The molecule has 1 aromatic heterocycles. The highest BCUT2D eigenvalue weighted by molar-refractivity contribution is 7.93. The molecule has 0 unspecified atom stereocenters. The number of aryl methyl sites for hydroxylation is 1. The number of carbonyl (C=O) groups excluding carboxylic acids is 1. The standard InChI is InChI=1S/C21H16N4O3S/c1-13-10-11-22-25(13)15-5-2-4-14(12-15)24-29(27,28)19-9-8-18-20-16(19)6-3-7-17(20)21(26)23-18/h2-12,24H,1H3,(H,23,26). The number of nitrogens with one attached hydrogen (secondary N) is 2. The van der Waals surface area contributed by atoms with E-state index < -0.39 is 10.0 Å². The van der Waals surface area contributed by atoms with E-state index in [4.69, 9.17) is 0 Å². The Kier molecular flexibility index (Phi) is 3.72. The fourth-order valence-corrected chi connectivity index (χ4v) is 4.90. The van der Waals surface area contributed by atoms with Gasteiger partial charge in [0.1, 0.15) is 0 Å². The first kappa shape index (κ1) is 17.4. The third kappa shape index (κ3) is 2.76. The number of sulfonamides is 1. The highest BCUT2D eigenvalue weighted by Gasteiger charge is 2.26. The summed E-state index contributed by atoms with van der Waals surface area (Å²) in [5.74, 6) is -0.226. The van der Waals surface area contributed by atoms with Crippen LogP contribution in [-0.4, -0.2) is 24.1 Å². The van der Waals surface area contributed by atoms with Crippen LogP contribution in [0, 0.1) is 6.92 Å². The zero-order valence-electron chi connectivity index (χ0n) is 15.4. The van der Waals surface area contributed by atoms with Crippen molar-refractivity contribution in [1.29, 1.82) is 0 Å². The van der Waals surface area contributed by atoms with Gasteiger partial charge in [0.25, 0.3) is 15.9 Å². The summed E-state index contributed by atoms with van der Waals surface area (Å²) in [4.78, 5) is 12.2. The molecule has 144 valence electrons. The molecule has 29 heavy (non-hydrogen) atoms. The van der Waals surface area contributed by atoms with Gasteiger partial charge in [-0.2, -0.15) is 5.10 Å². The van der Waals surface area contributed by atoms with Crippen LogP contribution in [0.2, 0.25) is 0 Å². The molecule has 1 amide bonds. The number of hydrogen-bond donors (Lipinski definition) is 2. The Labute approximate surface area is 167 Å². The van der Waals surface area contributed by atoms with E-state index in [9.17, 15) is 13.2 Å². The number of nitrogens with zero attached hydrogens (tertiary/aromatic N) is 2. The first-order chi connectivity index (χ1) is 13.9. The lowest BCUT2D eigenvalue weighted by atomic mass is 10.1. The molecule has 0 radical (unpaired) electrons. The Morgan fingerprint density at radius 2 is 1.86 bits per heavy atom. The lowest BCUT2D eigenvalue weighted by molar-refractivity contribution is 0.103. The van der Waals surface area contributed by atoms with Crippen LogP contribution in [0.4, 0.5) is 11.4 Å². The Morgan fingerprint density at radius 1 is 1.03 bits per heavy atom. The Morgan fingerprint density at radius 3 is 2.66 bits per heavy atom. The zero-order chi connectivity index (χ0) is 20.2. The van der Waals surface area contributed by atoms with Gasteiger partial charge in [-0.15, -0.1) is 0 Å². The average Bonchev–Trinajstić information content (AvgIpc) is 3.26. The molecule has 1 aliphatic heterocycles. The first-order valence-electron chi connectivity index (χ1n) is 8.95. The van der Waals surface area contributed by atoms with E-state index in [2.05, 4.69) is 15.1 Å². The second-order valence-electron chi connectivity index (χ2n) is 6.83. The van der Waals surface area contributed by atoms with Crippen LogP contribution in [-0.2, 0) is 10.0 Å². The number of amides is 1. The van der Waals surface area contributed by atoms with Gasteiger partial charge in [0.2, 0.25) is 0 Å². The molecule has 3 aromatic carbocycles. The zero-order valence-corrected chi connectivity index (χ0v) is 16.2. The van der Waals surface area contributed by atoms with Gasteiger partial charge >= 0.3 is 0 Å². The third-order valence-corrected chi connectivity index (χ3v) is 6.40. The molecule has 8 heteroatoms. The predicted octanol–water partition coefficient (Wildman–Crippen LogP) is 3.70. The van der Waals surface area contributed by atoms with E-state index in [0.717, 1.165) is 11.4 Å². The van der Waals surface area contributed by atoms with Gasteiger partial charge in [0.05, 0.1) is 16.3 Å². The molecule has 2 N–H and O–H groups in total. The van der Waals surface area contributed by atoms with Gasteiger partial charge in [-0.25, -0.2) is 13.1 Å². The van der Waals surface area contributed by atoms with Gasteiger partial charge in [0.15, 0.2) is 0 Å². The monoisotopic (exact) mass is 404 g/mol. The molecule has 2 heterocycles. The highest BCUT2D eigenvalue weighted by Crippen LogP contribution is 2.37. The van der Waals surface area contributed by atoms with Crippen LogP contribution in [0.15, 0.2) is 71.8 Å². The molecule has 0 bridgehead atoms. The van der Waals surface area contributed by atoms with Gasteiger partial charge in [0, 0.05) is 33.9 Å². The van der Waals surface area contributed by atoms with E-state index in [-0.39, 0.29) is 10.8 Å². The van der Waals surface area contributed by atoms with Crippen molar-refractivity contribution in [1.82, 2.24) is 9.78 Å². The number of hydrogen-bond acceptors (Lipinski definition) is 4. The molecule has 5 rings (SSSR count). The SMILES string of the molecule is Cc1ccnn1-c1cccc(NS(=O)(=O)c2ccc3c4c(cccc24)C(=O)N3)c1. The lowest BCUT2D eigenvalue weighted by Gasteiger charge is -2.12. The topological polar surface area (TPSA) is 93.1 Å². The van der Waals surface area contributed by atoms with E-state index >= 15 is 0 Å². The Hall–Kier alpha value is -3.65. The van der Waals surface area contributed by atoms with Crippen molar-refractivity contribution in [3.05, 3.63) is 78.1 Å². The van der Waals surface area contributed by atoms with Gasteiger partial charge in [-0.05, 0) is 49.4 Å². The maximum Gasteiger partial charge on any atom is 0.262 e. The van der Waals surface area contributed by atoms with E-state index in [1.54, 1.807) is 53.3 Å². The van der Waals surface area contributed by atoms with Crippen LogP contribution < -0.4 is 10.0 Å². The third-order valence-electron chi connectivity index (χ3n) is 4.96. The number of benzene rings is 3. The highest BCUT2D eigenvalue weighted by atomic mass is 32.2. The smallest absolute Gasteiger partial charge is 0.262 e. The number of carbonyl (C=O) groups is 1. The van der Waals surface area contributed by atoms with E-state index in [0.29, 0.717) is 27.7 Å². The summed E-state index contributed by atoms with van der Waals surface area (Å²) >= 11 is 0. The van der Waals surface area contributed by atoms with Crippen molar-refractivity contribution >= 4 is 38.1 Å². The molecule has 0 saturated heterocycles. The molecule has 0 fully saturated rings. The fraction of sp³-hybridized carbons (Fsp3) is 0.0476. The molecule has 0 spiro atoms. The van der Waals surface area contributed by atoms with E-state index in [1.165, 1.54) is 6.07 Å². The lowest BCUT2D eigenvalue weighted by Crippen LogP contribution is -2.14. The summed E-state index contributed by atoms with van der Waals surface area (Å²) in [6.07, 6.45) is 1.69. The van der Waals surface area contributed by atoms with Crippen molar-refractivity contribution in [3.8, 4) is 5.69 Å². The summed E-state index contributed by atoms with van der Waals surface area (Å²) in [5, 5.41) is 8.15. The molecule has 4 aromatic rings. The quantitative estimate of drug-likeness (QED) is 0.542. The van der Waals surface area contributed by atoms with Crippen LogP contribution in [0.5, 0.6) is 0 Å². The largest absolute Gasteiger partial charge is 0.321 e. The Balaban J connectivity index is 1.58. The maximum atomic E-state index is 13.2. The normalized spacial score (nSPS) is 12.9. The molecule has 0 aliphatic carbocycles. The average molecular weight is 404 g/mol. The molecule has 0 saturated carbocycles. The summed E-state index contributed by atoms with van der Waals surface area (Å²) in [5.41, 5.74) is 3.22. The second-order valence-corrected chi connectivity index (χ2v) is 8.48. The molecular weight excluding hydrogens is 388 g/mol. The molecule has 0 atom stereocenters. The van der Waals surface area contributed by atoms with Crippen molar-refractivity contribution in [2.45, 2.75) is 11.8 Å². The van der Waals surface area contributed by atoms with Crippen LogP contribution in [0.1, 0.15) is 16.1 Å². The number of rotatable bonds is 4. The minimum absolute atomic E-state index is 0.121. The summed E-state index contributed by atoms with van der Waals surface area (Å²) in [6.45, 7) is 1.92. The van der Waals surface area contributed by atoms with Crippen molar-refractivity contribution < 1.29 is 13.2 Å². The van der Waals surface area contributed by atoms with Gasteiger partial charge in [-0.1, -0.05) is 18.2 Å².